The Balaban J connectivity index is 1.67. The van der Waals surface area contributed by atoms with Gasteiger partial charge in [0.2, 0.25) is 0 Å². The largest absolute Gasteiger partial charge is 0.399 e. The summed E-state index contributed by atoms with van der Waals surface area (Å²) < 4.78 is 2.02. The monoisotopic (exact) mass is 259 g/mol. The zero-order chi connectivity index (χ0) is 13.5. The van der Waals surface area contributed by atoms with Crippen molar-refractivity contribution in [2.45, 2.75) is 19.4 Å². The fraction of sp³-hybridized carbons (Fsp3) is 0.308. The van der Waals surface area contributed by atoms with Crippen LogP contribution in [0.15, 0.2) is 37.1 Å². The van der Waals surface area contributed by atoms with E-state index < -0.39 is 0 Å². The van der Waals surface area contributed by atoms with Crippen molar-refractivity contribution < 1.29 is 4.79 Å². The quantitative estimate of drug-likeness (QED) is 0.760. The van der Waals surface area contributed by atoms with Gasteiger partial charge in [0.25, 0.3) is 5.91 Å². The first-order chi connectivity index (χ1) is 9.25. The van der Waals surface area contributed by atoms with Gasteiger partial charge in [0.05, 0.1) is 6.33 Å². The third-order valence-corrected chi connectivity index (χ3v) is 2.70. The molecule has 6 heteroatoms. The van der Waals surface area contributed by atoms with Crippen LogP contribution in [-0.2, 0) is 6.54 Å². The zero-order valence-corrected chi connectivity index (χ0v) is 10.6. The van der Waals surface area contributed by atoms with Gasteiger partial charge in [-0.1, -0.05) is 0 Å². The second-order valence-electron chi connectivity index (χ2n) is 4.24. The van der Waals surface area contributed by atoms with Crippen LogP contribution in [0.25, 0.3) is 0 Å². The number of pyridine rings is 1. The van der Waals surface area contributed by atoms with Crippen LogP contribution in [0.2, 0.25) is 0 Å². The van der Waals surface area contributed by atoms with E-state index in [1.54, 1.807) is 24.7 Å². The third-order valence-electron chi connectivity index (χ3n) is 2.70. The Labute approximate surface area is 111 Å². The molecule has 0 unspecified atom stereocenters. The summed E-state index contributed by atoms with van der Waals surface area (Å²) in [6, 6.07) is 3.22. The first-order valence-electron chi connectivity index (χ1n) is 6.21. The van der Waals surface area contributed by atoms with Gasteiger partial charge in [0.1, 0.15) is 5.69 Å². The van der Waals surface area contributed by atoms with Gasteiger partial charge in [-0.15, -0.1) is 0 Å². The summed E-state index contributed by atoms with van der Waals surface area (Å²) in [6.07, 6.45) is 8.90. The van der Waals surface area contributed by atoms with Gasteiger partial charge in [0, 0.05) is 37.4 Å². The number of carbonyl (C=O) groups is 1. The van der Waals surface area contributed by atoms with E-state index in [0.717, 1.165) is 19.4 Å². The van der Waals surface area contributed by atoms with Gasteiger partial charge in [-0.3, -0.25) is 9.78 Å². The Hall–Kier alpha value is -2.37. The summed E-state index contributed by atoms with van der Waals surface area (Å²) in [7, 11) is 0. The lowest BCUT2D eigenvalue weighted by Gasteiger charge is -2.05. The highest BCUT2D eigenvalue weighted by Crippen LogP contribution is 2.02. The number of imidazole rings is 1. The Morgan fingerprint density at radius 1 is 1.37 bits per heavy atom. The Bertz CT molecular complexity index is 524. The summed E-state index contributed by atoms with van der Waals surface area (Å²) in [5.74, 6) is -0.185. The average Bonchev–Trinajstić information content (AvgIpc) is 2.91. The average molecular weight is 259 g/mol. The number of hydrogen-bond acceptors (Lipinski definition) is 4. The maximum Gasteiger partial charge on any atom is 0.269 e. The number of nitrogens with zero attached hydrogens (tertiary/aromatic N) is 3. The van der Waals surface area contributed by atoms with E-state index >= 15 is 0 Å². The van der Waals surface area contributed by atoms with Crippen LogP contribution < -0.4 is 11.1 Å². The first kappa shape index (κ1) is 13.1. The predicted octanol–water partition coefficient (Wildman–Crippen LogP) is 1.07. The fourth-order valence-corrected chi connectivity index (χ4v) is 1.70. The van der Waals surface area contributed by atoms with Crippen molar-refractivity contribution in [3.8, 4) is 0 Å². The molecule has 0 aliphatic carbocycles. The molecular weight excluding hydrogens is 242 g/mol. The highest BCUT2D eigenvalue weighted by Gasteiger charge is 2.05. The molecule has 2 rings (SSSR count). The number of nitrogens with one attached hydrogen (secondary N) is 1. The molecule has 0 bridgehead atoms. The maximum absolute atomic E-state index is 11.7. The SMILES string of the molecule is Nc1ccnc(C(=O)NCCCCn2ccnc2)c1. The van der Waals surface area contributed by atoms with Crippen LogP contribution in [-0.4, -0.2) is 27.0 Å². The molecule has 0 aliphatic heterocycles. The molecule has 19 heavy (non-hydrogen) atoms. The number of aryl methyl sites for hydroxylation is 1. The lowest BCUT2D eigenvalue weighted by atomic mass is 10.3. The van der Waals surface area contributed by atoms with E-state index in [4.69, 9.17) is 5.73 Å². The summed E-state index contributed by atoms with van der Waals surface area (Å²) in [5.41, 5.74) is 6.50. The fourth-order valence-electron chi connectivity index (χ4n) is 1.70. The summed E-state index contributed by atoms with van der Waals surface area (Å²) >= 11 is 0. The molecule has 2 heterocycles. The van der Waals surface area contributed by atoms with E-state index in [1.165, 1.54) is 6.20 Å². The van der Waals surface area contributed by atoms with Gasteiger partial charge in [-0.2, -0.15) is 0 Å². The standard InChI is InChI=1S/C13H17N5O/c14-11-3-5-16-12(9-11)13(19)17-4-1-2-7-18-8-6-15-10-18/h3,5-6,8-10H,1-2,4,7H2,(H2,14,16)(H,17,19). The Morgan fingerprint density at radius 2 is 2.26 bits per heavy atom. The van der Waals surface area contributed by atoms with Crippen molar-refractivity contribution in [1.82, 2.24) is 19.9 Å². The first-order valence-corrected chi connectivity index (χ1v) is 6.21. The smallest absolute Gasteiger partial charge is 0.269 e. The number of aromatic nitrogens is 3. The number of nitrogen functional groups attached to an aromatic ring is 1. The Morgan fingerprint density at radius 3 is 3.00 bits per heavy atom. The lowest BCUT2D eigenvalue weighted by Crippen LogP contribution is -2.25. The van der Waals surface area contributed by atoms with Crippen molar-refractivity contribution in [3.05, 3.63) is 42.7 Å². The zero-order valence-electron chi connectivity index (χ0n) is 10.6. The van der Waals surface area contributed by atoms with Crippen molar-refractivity contribution in [2.24, 2.45) is 0 Å². The van der Waals surface area contributed by atoms with Gasteiger partial charge in [-0.25, -0.2) is 4.98 Å². The molecular formula is C13H17N5O. The molecule has 0 saturated carbocycles. The highest BCUT2D eigenvalue weighted by molar-refractivity contribution is 5.92. The number of unbranched alkanes of at least 4 members (excludes halogenated alkanes) is 1. The van der Waals surface area contributed by atoms with E-state index in [2.05, 4.69) is 15.3 Å². The molecule has 100 valence electrons. The van der Waals surface area contributed by atoms with Crippen molar-refractivity contribution >= 4 is 11.6 Å². The van der Waals surface area contributed by atoms with Crippen LogP contribution in [0.1, 0.15) is 23.3 Å². The van der Waals surface area contributed by atoms with Crippen molar-refractivity contribution in [3.63, 3.8) is 0 Å². The van der Waals surface area contributed by atoms with Crippen LogP contribution in [0.3, 0.4) is 0 Å². The van der Waals surface area contributed by atoms with Crippen LogP contribution >= 0.6 is 0 Å². The number of amides is 1. The minimum atomic E-state index is -0.185. The van der Waals surface area contributed by atoms with Crippen molar-refractivity contribution in [2.75, 3.05) is 12.3 Å². The number of hydrogen-bond donors (Lipinski definition) is 2. The van der Waals surface area contributed by atoms with Gasteiger partial charge < -0.3 is 15.6 Å². The molecule has 2 aromatic heterocycles. The van der Waals surface area contributed by atoms with E-state index in [0.29, 0.717) is 17.9 Å². The summed E-state index contributed by atoms with van der Waals surface area (Å²) in [4.78, 5) is 19.7. The second kappa shape index (κ2) is 6.53. The predicted molar refractivity (Wildman–Crippen MR) is 72.4 cm³/mol. The number of rotatable bonds is 6. The molecule has 0 spiro atoms. The molecule has 3 N–H and O–H groups in total. The molecule has 0 atom stereocenters. The van der Waals surface area contributed by atoms with Gasteiger partial charge in [0.15, 0.2) is 0 Å². The normalized spacial score (nSPS) is 10.3. The highest BCUT2D eigenvalue weighted by atomic mass is 16.1. The summed E-state index contributed by atoms with van der Waals surface area (Å²) in [6.45, 7) is 1.54. The van der Waals surface area contributed by atoms with Gasteiger partial charge in [-0.05, 0) is 25.0 Å². The molecule has 0 fully saturated rings. The molecule has 6 nitrogen and oxygen atoms in total. The lowest BCUT2D eigenvalue weighted by molar-refractivity contribution is 0.0948. The topological polar surface area (TPSA) is 85.8 Å². The number of nitrogens with two attached hydrogens (primary N) is 1. The van der Waals surface area contributed by atoms with E-state index in [1.807, 2.05) is 10.8 Å². The molecule has 0 aliphatic rings. The van der Waals surface area contributed by atoms with Crippen LogP contribution in [0, 0.1) is 0 Å². The Kier molecular flexibility index (Phi) is 4.49. The van der Waals surface area contributed by atoms with Crippen molar-refractivity contribution in [1.29, 1.82) is 0 Å². The number of anilines is 1. The van der Waals surface area contributed by atoms with Crippen LogP contribution in [0.4, 0.5) is 5.69 Å². The van der Waals surface area contributed by atoms with E-state index in [9.17, 15) is 4.79 Å². The number of carbonyl (C=O) groups excluding carboxylic acids is 1. The maximum atomic E-state index is 11.7. The van der Waals surface area contributed by atoms with Crippen LogP contribution in [0.5, 0.6) is 0 Å². The molecule has 0 radical (unpaired) electrons. The molecule has 1 amide bonds. The van der Waals surface area contributed by atoms with Gasteiger partial charge >= 0.3 is 0 Å². The molecule has 0 saturated heterocycles. The summed E-state index contributed by atoms with van der Waals surface area (Å²) in [5, 5.41) is 2.82. The molecule has 0 aromatic carbocycles. The second-order valence-corrected chi connectivity index (χ2v) is 4.24. The molecule has 2 aromatic rings. The minimum absolute atomic E-state index is 0.185. The van der Waals surface area contributed by atoms with E-state index in [-0.39, 0.29) is 5.91 Å². The third kappa shape index (κ3) is 4.09. The minimum Gasteiger partial charge on any atom is -0.399 e.